The van der Waals surface area contributed by atoms with Gasteiger partial charge in [0.1, 0.15) is 0 Å². The Morgan fingerprint density at radius 1 is 1.30 bits per heavy atom. The molecule has 2 N–H and O–H groups in total. The van der Waals surface area contributed by atoms with Crippen LogP contribution in [0.4, 0.5) is 0 Å². The van der Waals surface area contributed by atoms with E-state index in [1.165, 1.54) is 0 Å². The van der Waals surface area contributed by atoms with Crippen molar-refractivity contribution in [2.75, 3.05) is 20.3 Å². The molecule has 1 aromatic rings. The first kappa shape index (κ1) is 19.5. The molecule has 2 fully saturated rings. The van der Waals surface area contributed by atoms with Crippen molar-refractivity contribution in [3.63, 3.8) is 0 Å². The molecule has 0 radical (unpaired) electrons. The molecule has 2 aliphatic carbocycles. The third kappa shape index (κ3) is 2.32. The van der Waals surface area contributed by atoms with E-state index in [1.54, 1.807) is 12.0 Å². The zero-order valence-electron chi connectivity index (χ0n) is 17.7. The number of carbonyl (C=O) groups excluding carboxylic acids is 1. The number of benzene rings is 1. The zero-order valence-corrected chi connectivity index (χ0v) is 17.7. The van der Waals surface area contributed by atoms with Crippen LogP contribution in [0.5, 0.6) is 0 Å². The maximum atomic E-state index is 14.1. The van der Waals surface area contributed by atoms with Gasteiger partial charge in [-0.05, 0) is 54.4 Å². The molecule has 1 saturated carbocycles. The van der Waals surface area contributed by atoms with Gasteiger partial charge in [-0.3, -0.25) is 9.69 Å². The predicted octanol–water partition coefficient (Wildman–Crippen LogP) is 1.93. The van der Waals surface area contributed by atoms with Crippen molar-refractivity contribution in [3.8, 4) is 6.07 Å². The molecule has 7 nitrogen and oxygen atoms in total. The number of nitrogens with zero attached hydrogens (tertiary/aromatic N) is 3. The van der Waals surface area contributed by atoms with E-state index in [0.717, 1.165) is 30.4 Å². The molecule has 2 heterocycles. The monoisotopic (exact) mass is 408 g/mol. The molecule has 1 aromatic carbocycles. The number of fused-ring (bicyclic) bond motifs is 3. The van der Waals surface area contributed by atoms with Gasteiger partial charge in [-0.15, -0.1) is 0 Å². The van der Waals surface area contributed by atoms with Crippen LogP contribution in [0.25, 0.3) is 0 Å². The summed E-state index contributed by atoms with van der Waals surface area (Å²) in [5.41, 5.74) is 7.43. The number of amides is 1. The molecule has 5 rings (SSSR count). The lowest BCUT2D eigenvalue weighted by atomic mass is 9.56. The van der Waals surface area contributed by atoms with E-state index in [4.69, 9.17) is 20.2 Å². The molecule has 158 valence electrons. The van der Waals surface area contributed by atoms with E-state index < -0.39 is 5.54 Å². The first-order chi connectivity index (χ1) is 14.4. The number of nitrogens with two attached hydrogens (primary N) is 1. The van der Waals surface area contributed by atoms with Crippen LogP contribution in [-0.4, -0.2) is 49.2 Å². The Morgan fingerprint density at radius 2 is 2.00 bits per heavy atom. The second-order valence-electron chi connectivity index (χ2n) is 9.55. The number of methoxy groups -OCH3 is 1. The molecule has 2 unspecified atom stereocenters. The largest absolute Gasteiger partial charge is 0.381 e. The van der Waals surface area contributed by atoms with Gasteiger partial charge >= 0.3 is 0 Å². The Kier molecular flexibility index (Phi) is 4.25. The second-order valence-corrected chi connectivity index (χ2v) is 9.55. The number of carbonyl (C=O) groups is 1. The predicted molar refractivity (Wildman–Crippen MR) is 110 cm³/mol. The van der Waals surface area contributed by atoms with Gasteiger partial charge in [-0.25, -0.2) is 4.99 Å². The number of aliphatic imine (C=N–C) groups is 1. The fourth-order valence-corrected chi connectivity index (χ4v) is 6.73. The first-order valence-corrected chi connectivity index (χ1v) is 10.7. The molecule has 2 aliphatic heterocycles. The first-order valence-electron chi connectivity index (χ1n) is 10.7. The lowest BCUT2D eigenvalue weighted by molar-refractivity contribution is -0.149. The number of nitriles is 1. The lowest BCUT2D eigenvalue weighted by Gasteiger charge is -2.50. The van der Waals surface area contributed by atoms with Crippen LogP contribution in [-0.2, 0) is 26.2 Å². The Bertz CT molecular complexity index is 967. The van der Waals surface area contributed by atoms with Crippen LogP contribution >= 0.6 is 0 Å². The summed E-state index contributed by atoms with van der Waals surface area (Å²) in [6, 6.07) is 7.85. The van der Waals surface area contributed by atoms with Crippen molar-refractivity contribution in [2.45, 2.75) is 50.8 Å². The summed E-state index contributed by atoms with van der Waals surface area (Å²) in [5, 5.41) is 9.52. The van der Waals surface area contributed by atoms with Gasteiger partial charge in [0, 0.05) is 12.5 Å². The zero-order chi connectivity index (χ0) is 21.3. The summed E-state index contributed by atoms with van der Waals surface area (Å²) in [5.74, 6) is 0.783. The second kappa shape index (κ2) is 6.53. The standard InChI is InChI=1S/C23H28N4O3/c1-13-7-22(8-14(2)19(13)29-3)9-16-5-4-15(10-24)6-18(16)23(22)20(28)27(21(25)26-23)17-11-30-12-17/h4-6,13-14,17,19H,7-9,11-12H2,1-3H3,(H2,25,26)/t13-,14+,19?,22?,23-/m1/s1. The summed E-state index contributed by atoms with van der Waals surface area (Å²) >= 11 is 0. The Balaban J connectivity index is 1.69. The summed E-state index contributed by atoms with van der Waals surface area (Å²) in [4.78, 5) is 20.7. The topological polar surface area (TPSA) is 101 Å². The summed E-state index contributed by atoms with van der Waals surface area (Å²) in [7, 11) is 1.77. The molecule has 30 heavy (non-hydrogen) atoms. The van der Waals surface area contributed by atoms with Crippen molar-refractivity contribution in [2.24, 2.45) is 28.0 Å². The molecule has 2 spiro atoms. The number of hydrogen-bond acceptors (Lipinski definition) is 6. The third-order valence-corrected chi connectivity index (χ3v) is 7.79. The molecule has 0 aromatic heterocycles. The minimum atomic E-state index is -1.07. The van der Waals surface area contributed by atoms with Crippen molar-refractivity contribution in [1.82, 2.24) is 4.90 Å². The van der Waals surface area contributed by atoms with Gasteiger partial charge in [0.05, 0.1) is 37.0 Å². The molecular weight excluding hydrogens is 380 g/mol. The average molecular weight is 409 g/mol. The van der Waals surface area contributed by atoms with E-state index in [-0.39, 0.29) is 41.3 Å². The molecule has 4 aliphatic rings. The van der Waals surface area contributed by atoms with E-state index in [0.29, 0.717) is 18.8 Å². The van der Waals surface area contributed by atoms with Crippen molar-refractivity contribution < 1.29 is 14.3 Å². The number of ether oxygens (including phenoxy) is 2. The molecule has 1 amide bonds. The van der Waals surface area contributed by atoms with E-state index in [1.807, 2.05) is 18.2 Å². The van der Waals surface area contributed by atoms with Gasteiger partial charge in [-0.2, -0.15) is 5.26 Å². The number of hydrogen-bond donors (Lipinski definition) is 1. The van der Waals surface area contributed by atoms with Crippen molar-refractivity contribution in [1.29, 1.82) is 5.26 Å². The van der Waals surface area contributed by atoms with E-state index in [2.05, 4.69) is 19.9 Å². The molecule has 0 bridgehead atoms. The SMILES string of the molecule is COC1[C@H](C)CC2(Cc3ccc(C#N)cc3[C@]23N=C(N)N(C2COC2)C3=O)C[C@@H]1C. The van der Waals surface area contributed by atoms with Gasteiger partial charge in [-0.1, -0.05) is 19.9 Å². The molecule has 7 heteroatoms. The van der Waals surface area contributed by atoms with Gasteiger partial charge in [0.2, 0.25) is 0 Å². The number of guanidine groups is 1. The average Bonchev–Trinajstić information content (AvgIpc) is 3.07. The van der Waals surface area contributed by atoms with Gasteiger partial charge in [0.25, 0.3) is 5.91 Å². The normalized spacial score (nSPS) is 37.9. The van der Waals surface area contributed by atoms with Crippen LogP contribution in [0.3, 0.4) is 0 Å². The fraction of sp³-hybridized carbons (Fsp3) is 0.609. The highest BCUT2D eigenvalue weighted by molar-refractivity contribution is 6.09. The highest BCUT2D eigenvalue weighted by atomic mass is 16.5. The van der Waals surface area contributed by atoms with Crippen molar-refractivity contribution >= 4 is 11.9 Å². The Morgan fingerprint density at radius 3 is 2.57 bits per heavy atom. The maximum absolute atomic E-state index is 14.1. The smallest absolute Gasteiger partial charge is 0.262 e. The molecule has 5 atom stereocenters. The van der Waals surface area contributed by atoms with Crippen LogP contribution in [0, 0.1) is 28.6 Å². The summed E-state index contributed by atoms with van der Waals surface area (Å²) in [6.45, 7) is 5.36. The van der Waals surface area contributed by atoms with Crippen LogP contribution < -0.4 is 5.73 Å². The molecule has 1 saturated heterocycles. The van der Waals surface area contributed by atoms with Crippen molar-refractivity contribution in [3.05, 3.63) is 34.9 Å². The highest BCUT2D eigenvalue weighted by Gasteiger charge is 2.69. The fourth-order valence-electron chi connectivity index (χ4n) is 6.73. The minimum Gasteiger partial charge on any atom is -0.381 e. The summed E-state index contributed by atoms with van der Waals surface area (Å²) < 4.78 is 11.1. The number of rotatable bonds is 2. The highest BCUT2D eigenvalue weighted by Crippen LogP contribution is 2.63. The van der Waals surface area contributed by atoms with Crippen LogP contribution in [0.15, 0.2) is 23.2 Å². The molecular formula is C23H28N4O3. The Hall–Kier alpha value is -2.43. The maximum Gasteiger partial charge on any atom is 0.262 e. The van der Waals surface area contributed by atoms with Gasteiger partial charge < -0.3 is 15.2 Å². The summed E-state index contributed by atoms with van der Waals surface area (Å²) in [6.07, 6.45) is 2.56. The van der Waals surface area contributed by atoms with Crippen LogP contribution in [0.2, 0.25) is 0 Å². The quantitative estimate of drug-likeness (QED) is 0.806. The Labute approximate surface area is 176 Å². The lowest BCUT2D eigenvalue weighted by Crippen LogP contribution is -2.60. The minimum absolute atomic E-state index is 0.0580. The van der Waals surface area contributed by atoms with E-state index >= 15 is 0 Å². The van der Waals surface area contributed by atoms with E-state index in [9.17, 15) is 10.1 Å². The van der Waals surface area contributed by atoms with Crippen LogP contribution in [0.1, 0.15) is 43.4 Å². The van der Waals surface area contributed by atoms with Gasteiger partial charge in [0.15, 0.2) is 11.5 Å². The third-order valence-electron chi connectivity index (χ3n) is 7.79.